The molecule has 24 heavy (non-hydrogen) atoms. The van der Waals surface area contributed by atoms with Gasteiger partial charge in [-0.1, -0.05) is 25.4 Å². The van der Waals surface area contributed by atoms with Crippen molar-refractivity contribution in [3.05, 3.63) is 33.3 Å². The van der Waals surface area contributed by atoms with Gasteiger partial charge >= 0.3 is 0 Å². The molecule has 0 amide bonds. The van der Waals surface area contributed by atoms with Crippen LogP contribution in [0.15, 0.2) is 17.2 Å². The second kappa shape index (κ2) is 8.30. The third-order valence-corrected chi connectivity index (χ3v) is 4.35. The summed E-state index contributed by atoms with van der Waals surface area (Å²) in [7, 11) is 3.11. The normalized spacial score (nSPS) is 11.4. The lowest BCUT2D eigenvalue weighted by atomic mass is 10.0. The Hall–Kier alpha value is -1.86. The van der Waals surface area contributed by atoms with E-state index >= 15 is 0 Å². The first-order valence-electron chi connectivity index (χ1n) is 7.68. The van der Waals surface area contributed by atoms with Crippen LogP contribution in [0, 0.1) is 4.77 Å². The lowest BCUT2D eigenvalue weighted by Gasteiger charge is -2.11. The summed E-state index contributed by atoms with van der Waals surface area (Å²) in [5.74, 6) is 2.16. The van der Waals surface area contributed by atoms with Gasteiger partial charge in [0.25, 0.3) is 0 Å². The van der Waals surface area contributed by atoms with Crippen LogP contribution in [0.2, 0.25) is 5.02 Å². The first-order valence-corrected chi connectivity index (χ1v) is 8.47. The minimum atomic E-state index is 0.295. The number of nitrogens with zero attached hydrogens (tertiary/aromatic N) is 3. The highest BCUT2D eigenvalue weighted by molar-refractivity contribution is 7.71. The summed E-state index contributed by atoms with van der Waals surface area (Å²) in [6, 6.07) is 3.56. The van der Waals surface area contributed by atoms with Crippen LogP contribution in [-0.4, -0.2) is 35.3 Å². The van der Waals surface area contributed by atoms with Crippen molar-refractivity contribution in [3.63, 3.8) is 0 Å². The molecular weight excluding hydrogens is 348 g/mol. The van der Waals surface area contributed by atoms with Gasteiger partial charge in [-0.25, -0.2) is 0 Å². The highest BCUT2D eigenvalue weighted by Gasteiger charge is 2.15. The Labute approximate surface area is 151 Å². The standard InChI is InChI=1S/C16H21ClN4O2S/c1-5-11(6-2)15-19-20-16(24)21(15)18-9-10-7-12(17)14(23-4)13(8-10)22-3/h7-9,11H,5-6H2,1-4H3,(H,20,24)/b18-9-. The van der Waals surface area contributed by atoms with Gasteiger partial charge in [0, 0.05) is 5.92 Å². The number of aromatic amines is 1. The van der Waals surface area contributed by atoms with Crippen molar-refractivity contribution in [2.75, 3.05) is 14.2 Å². The summed E-state index contributed by atoms with van der Waals surface area (Å²) in [6.45, 7) is 4.24. The van der Waals surface area contributed by atoms with Crippen molar-refractivity contribution in [2.45, 2.75) is 32.6 Å². The first kappa shape index (κ1) is 18.5. The summed E-state index contributed by atoms with van der Waals surface area (Å²) in [6.07, 6.45) is 3.60. The van der Waals surface area contributed by atoms with Crippen molar-refractivity contribution in [1.82, 2.24) is 14.9 Å². The average Bonchev–Trinajstić information content (AvgIpc) is 2.94. The highest BCUT2D eigenvalue weighted by atomic mass is 35.5. The van der Waals surface area contributed by atoms with Crippen LogP contribution in [0.5, 0.6) is 11.5 Å². The van der Waals surface area contributed by atoms with Crippen LogP contribution in [0.25, 0.3) is 0 Å². The van der Waals surface area contributed by atoms with Crippen molar-refractivity contribution in [3.8, 4) is 11.5 Å². The number of hydrogen-bond acceptors (Lipinski definition) is 5. The number of H-pyrrole nitrogens is 1. The van der Waals surface area contributed by atoms with Crippen LogP contribution >= 0.6 is 23.8 Å². The first-order chi connectivity index (χ1) is 11.5. The van der Waals surface area contributed by atoms with Crippen LogP contribution in [0.4, 0.5) is 0 Å². The smallest absolute Gasteiger partial charge is 0.216 e. The average molecular weight is 369 g/mol. The summed E-state index contributed by atoms with van der Waals surface area (Å²) >= 11 is 11.5. The molecule has 6 nitrogen and oxygen atoms in total. The van der Waals surface area contributed by atoms with Crippen LogP contribution < -0.4 is 9.47 Å². The largest absolute Gasteiger partial charge is 0.493 e. The van der Waals surface area contributed by atoms with E-state index in [0.717, 1.165) is 24.2 Å². The number of rotatable bonds is 7. The predicted octanol–water partition coefficient (Wildman–Crippen LogP) is 4.40. The van der Waals surface area contributed by atoms with Crippen molar-refractivity contribution in [1.29, 1.82) is 0 Å². The summed E-state index contributed by atoms with van der Waals surface area (Å²) in [5.41, 5.74) is 0.774. The third kappa shape index (κ3) is 3.79. The van der Waals surface area contributed by atoms with Crippen LogP contribution in [0.1, 0.15) is 44.0 Å². The summed E-state index contributed by atoms with van der Waals surface area (Å²) in [4.78, 5) is 0. The van der Waals surface area contributed by atoms with Crippen molar-refractivity contribution in [2.24, 2.45) is 5.10 Å². The van der Waals surface area contributed by atoms with Crippen LogP contribution in [-0.2, 0) is 0 Å². The number of halogens is 1. The van der Waals surface area contributed by atoms with Gasteiger partial charge in [0.15, 0.2) is 17.3 Å². The molecule has 0 radical (unpaired) electrons. The van der Waals surface area contributed by atoms with E-state index in [1.165, 1.54) is 0 Å². The molecule has 0 fully saturated rings. The zero-order valence-electron chi connectivity index (χ0n) is 14.2. The Kier molecular flexibility index (Phi) is 6.39. The van der Waals surface area contributed by atoms with Gasteiger partial charge < -0.3 is 9.47 Å². The maximum atomic E-state index is 6.22. The zero-order valence-corrected chi connectivity index (χ0v) is 15.7. The molecule has 0 atom stereocenters. The molecule has 1 N–H and O–H groups in total. The van der Waals surface area contributed by atoms with E-state index in [2.05, 4.69) is 29.1 Å². The molecule has 0 aliphatic rings. The van der Waals surface area contributed by atoms with Gasteiger partial charge in [0.2, 0.25) is 4.77 Å². The zero-order chi connectivity index (χ0) is 17.7. The third-order valence-electron chi connectivity index (χ3n) is 3.80. The van der Waals surface area contributed by atoms with Gasteiger partial charge in [-0.3, -0.25) is 5.10 Å². The molecule has 2 rings (SSSR count). The van der Waals surface area contributed by atoms with Gasteiger partial charge in [0.1, 0.15) is 0 Å². The maximum Gasteiger partial charge on any atom is 0.216 e. The molecule has 1 aromatic heterocycles. The Bertz CT molecular complexity index is 781. The van der Waals surface area contributed by atoms with Gasteiger partial charge in [-0.2, -0.15) is 14.9 Å². The Morgan fingerprint density at radius 2 is 2.04 bits per heavy atom. The molecular formula is C16H21ClN4O2S. The second-order valence-corrected chi connectivity index (χ2v) is 5.99. The number of nitrogens with one attached hydrogen (secondary N) is 1. The molecule has 130 valence electrons. The lowest BCUT2D eigenvalue weighted by Crippen LogP contribution is -2.05. The van der Waals surface area contributed by atoms with E-state index in [0.29, 0.717) is 27.2 Å². The predicted molar refractivity (Wildman–Crippen MR) is 98.3 cm³/mol. The molecule has 0 spiro atoms. The minimum Gasteiger partial charge on any atom is -0.493 e. The molecule has 0 saturated carbocycles. The second-order valence-electron chi connectivity index (χ2n) is 5.19. The molecule has 0 aliphatic carbocycles. The van der Waals surface area contributed by atoms with E-state index < -0.39 is 0 Å². The van der Waals surface area contributed by atoms with Crippen LogP contribution in [0.3, 0.4) is 0 Å². The monoisotopic (exact) mass is 368 g/mol. The maximum absolute atomic E-state index is 6.22. The van der Waals surface area contributed by atoms with Gasteiger partial charge in [-0.05, 0) is 42.8 Å². The summed E-state index contributed by atoms with van der Waals surface area (Å²) < 4.78 is 12.6. The lowest BCUT2D eigenvalue weighted by molar-refractivity contribution is 0.355. The Balaban J connectivity index is 2.40. The fraction of sp³-hybridized carbons (Fsp3) is 0.438. The topological polar surface area (TPSA) is 64.4 Å². The molecule has 0 bridgehead atoms. The molecule has 1 heterocycles. The summed E-state index contributed by atoms with van der Waals surface area (Å²) in [5, 5.41) is 12.0. The Morgan fingerprint density at radius 3 is 2.62 bits per heavy atom. The number of hydrogen-bond donors (Lipinski definition) is 1. The fourth-order valence-electron chi connectivity index (χ4n) is 2.47. The number of methoxy groups -OCH3 is 2. The number of aromatic nitrogens is 3. The van der Waals surface area contributed by atoms with E-state index in [9.17, 15) is 0 Å². The van der Waals surface area contributed by atoms with Crippen molar-refractivity contribution >= 4 is 30.0 Å². The number of benzene rings is 1. The number of ether oxygens (including phenoxy) is 2. The SMILES string of the molecule is CCC(CC)c1n[nH]c(=S)n1/N=C\c1cc(Cl)c(OC)c(OC)c1. The fourth-order valence-corrected chi connectivity index (χ4v) is 2.95. The molecule has 0 aliphatic heterocycles. The van der Waals surface area contributed by atoms with Crippen molar-refractivity contribution < 1.29 is 9.47 Å². The molecule has 8 heteroatoms. The minimum absolute atomic E-state index is 0.295. The molecule has 0 saturated heterocycles. The molecule has 0 unspecified atom stereocenters. The highest BCUT2D eigenvalue weighted by Crippen LogP contribution is 2.35. The Morgan fingerprint density at radius 1 is 1.33 bits per heavy atom. The van der Waals surface area contributed by atoms with Gasteiger partial charge in [-0.15, -0.1) is 0 Å². The van der Waals surface area contributed by atoms with E-state index in [1.807, 2.05) is 0 Å². The van der Waals surface area contributed by atoms with E-state index in [4.69, 9.17) is 33.3 Å². The van der Waals surface area contributed by atoms with E-state index in [-0.39, 0.29) is 0 Å². The van der Waals surface area contributed by atoms with Gasteiger partial charge in [0.05, 0.1) is 25.5 Å². The van der Waals surface area contributed by atoms with E-state index in [1.54, 1.807) is 37.2 Å². The molecule has 1 aromatic carbocycles. The molecule has 2 aromatic rings. The quantitative estimate of drug-likeness (QED) is 0.581.